The van der Waals surface area contributed by atoms with E-state index in [9.17, 15) is 4.79 Å². The van der Waals surface area contributed by atoms with Gasteiger partial charge in [0, 0.05) is 37.0 Å². The van der Waals surface area contributed by atoms with E-state index in [1.807, 2.05) is 25.1 Å². The first-order valence-electron chi connectivity index (χ1n) is 7.47. The van der Waals surface area contributed by atoms with E-state index >= 15 is 0 Å². The molecule has 22 heavy (non-hydrogen) atoms. The second-order valence-electron chi connectivity index (χ2n) is 5.65. The standard InChI is InChI=1S/C17H18ClN3O/c1-12-3-2-6-19-17(12)14-9-16(20-10-15(14)18)21-7-4-13(11-22)5-8-21/h2-3,6,9-11,13H,4-5,7-8H2,1H3. The summed E-state index contributed by atoms with van der Waals surface area (Å²) in [5, 5.41) is 0.605. The fourth-order valence-corrected chi connectivity index (χ4v) is 3.01. The van der Waals surface area contributed by atoms with E-state index in [1.54, 1.807) is 12.4 Å². The van der Waals surface area contributed by atoms with Crippen molar-refractivity contribution in [3.05, 3.63) is 41.2 Å². The predicted octanol–water partition coefficient (Wildman–Crippen LogP) is 3.52. The monoisotopic (exact) mass is 315 g/mol. The van der Waals surface area contributed by atoms with Gasteiger partial charge in [-0.15, -0.1) is 0 Å². The third-order valence-electron chi connectivity index (χ3n) is 4.16. The number of aromatic nitrogens is 2. The van der Waals surface area contributed by atoms with Crippen molar-refractivity contribution in [2.45, 2.75) is 19.8 Å². The number of piperidine rings is 1. The Morgan fingerprint density at radius 1 is 1.32 bits per heavy atom. The molecule has 0 bridgehead atoms. The molecule has 0 N–H and O–H groups in total. The van der Waals surface area contributed by atoms with Crippen LogP contribution in [0.25, 0.3) is 11.3 Å². The molecule has 1 saturated heterocycles. The smallest absolute Gasteiger partial charge is 0.129 e. The number of pyridine rings is 2. The van der Waals surface area contributed by atoms with Crippen LogP contribution in [0.2, 0.25) is 5.02 Å². The Labute approximate surface area is 135 Å². The highest BCUT2D eigenvalue weighted by molar-refractivity contribution is 6.33. The Kier molecular flexibility index (Phi) is 4.39. The van der Waals surface area contributed by atoms with E-state index < -0.39 is 0 Å². The number of halogens is 1. The van der Waals surface area contributed by atoms with E-state index in [2.05, 4.69) is 14.9 Å². The van der Waals surface area contributed by atoms with Crippen LogP contribution in [0.15, 0.2) is 30.6 Å². The average Bonchev–Trinajstić information content (AvgIpc) is 2.56. The lowest BCUT2D eigenvalue weighted by Crippen LogP contribution is -2.34. The van der Waals surface area contributed by atoms with Crippen molar-refractivity contribution in [3.63, 3.8) is 0 Å². The SMILES string of the molecule is Cc1cccnc1-c1cc(N2CCC(C=O)CC2)ncc1Cl. The number of hydrogen-bond acceptors (Lipinski definition) is 4. The predicted molar refractivity (Wildman–Crippen MR) is 88.2 cm³/mol. The Morgan fingerprint density at radius 2 is 2.09 bits per heavy atom. The summed E-state index contributed by atoms with van der Waals surface area (Å²) in [5.74, 6) is 1.08. The van der Waals surface area contributed by atoms with Crippen LogP contribution < -0.4 is 4.90 Å². The van der Waals surface area contributed by atoms with Crippen LogP contribution in [0, 0.1) is 12.8 Å². The van der Waals surface area contributed by atoms with Crippen LogP contribution in [0.3, 0.4) is 0 Å². The lowest BCUT2D eigenvalue weighted by molar-refractivity contribution is -0.111. The zero-order valence-electron chi connectivity index (χ0n) is 12.5. The van der Waals surface area contributed by atoms with Crippen molar-refractivity contribution in [2.24, 2.45) is 5.92 Å². The Bertz CT molecular complexity index is 681. The van der Waals surface area contributed by atoms with Gasteiger partial charge in [-0.2, -0.15) is 0 Å². The molecule has 1 fully saturated rings. The summed E-state index contributed by atoms with van der Waals surface area (Å²) in [5.41, 5.74) is 2.88. The molecule has 3 rings (SSSR count). The lowest BCUT2D eigenvalue weighted by Gasteiger charge is -2.30. The highest BCUT2D eigenvalue weighted by Crippen LogP contribution is 2.31. The zero-order valence-corrected chi connectivity index (χ0v) is 13.3. The molecule has 1 aliphatic heterocycles. The first-order chi connectivity index (χ1) is 10.7. The molecule has 0 spiro atoms. The fourth-order valence-electron chi connectivity index (χ4n) is 2.81. The molecule has 0 aromatic carbocycles. The molecule has 4 nitrogen and oxygen atoms in total. The van der Waals surface area contributed by atoms with Crippen molar-refractivity contribution < 1.29 is 4.79 Å². The molecule has 0 radical (unpaired) electrons. The van der Waals surface area contributed by atoms with E-state index in [-0.39, 0.29) is 5.92 Å². The molecule has 0 unspecified atom stereocenters. The van der Waals surface area contributed by atoms with E-state index in [1.165, 1.54) is 0 Å². The van der Waals surface area contributed by atoms with Gasteiger partial charge in [0.2, 0.25) is 0 Å². The third kappa shape index (κ3) is 2.97. The molecule has 0 aliphatic carbocycles. The second kappa shape index (κ2) is 6.44. The van der Waals surface area contributed by atoms with Gasteiger partial charge in [-0.1, -0.05) is 17.7 Å². The third-order valence-corrected chi connectivity index (χ3v) is 4.46. The molecular formula is C17H18ClN3O. The average molecular weight is 316 g/mol. The number of hydrogen-bond donors (Lipinski definition) is 0. The zero-order chi connectivity index (χ0) is 15.5. The van der Waals surface area contributed by atoms with Crippen LogP contribution in [0.4, 0.5) is 5.82 Å². The number of carbonyl (C=O) groups is 1. The molecule has 3 heterocycles. The number of rotatable bonds is 3. The highest BCUT2D eigenvalue weighted by atomic mass is 35.5. The van der Waals surface area contributed by atoms with Gasteiger partial charge in [0.05, 0.1) is 10.7 Å². The maximum atomic E-state index is 10.9. The van der Waals surface area contributed by atoms with Gasteiger partial charge in [-0.3, -0.25) is 4.98 Å². The van der Waals surface area contributed by atoms with Gasteiger partial charge in [0.15, 0.2) is 0 Å². The van der Waals surface area contributed by atoms with Gasteiger partial charge >= 0.3 is 0 Å². The number of aldehydes is 1. The van der Waals surface area contributed by atoms with Gasteiger partial charge in [-0.05, 0) is 37.5 Å². The summed E-state index contributed by atoms with van der Waals surface area (Å²) in [6.07, 6.45) is 6.29. The van der Waals surface area contributed by atoms with E-state index in [4.69, 9.17) is 11.6 Å². The molecule has 0 amide bonds. The van der Waals surface area contributed by atoms with Crippen LogP contribution >= 0.6 is 11.6 Å². The fraction of sp³-hybridized carbons (Fsp3) is 0.353. The summed E-state index contributed by atoms with van der Waals surface area (Å²) in [6.45, 7) is 3.71. The van der Waals surface area contributed by atoms with Crippen molar-refractivity contribution in [2.75, 3.05) is 18.0 Å². The lowest BCUT2D eigenvalue weighted by atomic mass is 9.98. The minimum Gasteiger partial charge on any atom is -0.357 e. The molecule has 1 aliphatic rings. The quantitative estimate of drug-likeness (QED) is 0.813. The maximum absolute atomic E-state index is 10.9. The normalized spacial score (nSPS) is 15.8. The van der Waals surface area contributed by atoms with Gasteiger partial charge < -0.3 is 9.69 Å². The first kappa shape index (κ1) is 15.0. The maximum Gasteiger partial charge on any atom is 0.129 e. The molecule has 2 aromatic rings. The van der Waals surface area contributed by atoms with Crippen LogP contribution in [-0.2, 0) is 4.79 Å². The topological polar surface area (TPSA) is 46.1 Å². The largest absolute Gasteiger partial charge is 0.357 e. The van der Waals surface area contributed by atoms with E-state index in [0.717, 1.165) is 54.9 Å². The highest BCUT2D eigenvalue weighted by Gasteiger charge is 2.20. The summed E-state index contributed by atoms with van der Waals surface area (Å²) in [4.78, 5) is 22.0. The van der Waals surface area contributed by atoms with Crippen molar-refractivity contribution in [1.82, 2.24) is 9.97 Å². The number of nitrogens with zero attached hydrogens (tertiary/aromatic N) is 3. The summed E-state index contributed by atoms with van der Waals surface area (Å²) in [6, 6.07) is 5.94. The van der Waals surface area contributed by atoms with Gasteiger partial charge in [0.25, 0.3) is 0 Å². The number of aryl methyl sites for hydroxylation is 1. The van der Waals surface area contributed by atoms with Crippen LogP contribution in [0.1, 0.15) is 18.4 Å². The Hall–Kier alpha value is -1.94. The second-order valence-corrected chi connectivity index (χ2v) is 6.06. The number of anilines is 1. The Balaban J connectivity index is 1.91. The van der Waals surface area contributed by atoms with Crippen LogP contribution in [0.5, 0.6) is 0 Å². The van der Waals surface area contributed by atoms with Gasteiger partial charge in [-0.25, -0.2) is 4.98 Å². The summed E-state index contributed by atoms with van der Waals surface area (Å²) in [7, 11) is 0. The summed E-state index contributed by atoms with van der Waals surface area (Å²) >= 11 is 6.32. The minimum atomic E-state index is 0.182. The molecular weight excluding hydrogens is 298 g/mol. The van der Waals surface area contributed by atoms with Gasteiger partial charge in [0.1, 0.15) is 12.1 Å². The van der Waals surface area contributed by atoms with Crippen LogP contribution in [-0.4, -0.2) is 29.3 Å². The van der Waals surface area contributed by atoms with Crippen molar-refractivity contribution >= 4 is 23.7 Å². The first-order valence-corrected chi connectivity index (χ1v) is 7.84. The minimum absolute atomic E-state index is 0.182. The molecule has 5 heteroatoms. The Morgan fingerprint density at radius 3 is 2.77 bits per heavy atom. The number of carbonyl (C=O) groups excluding carboxylic acids is 1. The molecule has 0 atom stereocenters. The van der Waals surface area contributed by atoms with Crippen molar-refractivity contribution in [3.8, 4) is 11.3 Å². The summed E-state index contributed by atoms with van der Waals surface area (Å²) < 4.78 is 0. The van der Waals surface area contributed by atoms with Crippen molar-refractivity contribution in [1.29, 1.82) is 0 Å². The molecule has 2 aromatic heterocycles. The molecule has 0 saturated carbocycles. The van der Waals surface area contributed by atoms with E-state index in [0.29, 0.717) is 5.02 Å². The molecule has 114 valence electrons.